The van der Waals surface area contributed by atoms with Gasteiger partial charge in [-0.3, -0.25) is 4.98 Å². The lowest BCUT2D eigenvalue weighted by Crippen LogP contribution is -2.63. The molecule has 2 aromatic rings. The molecule has 2 bridgehead atoms. The maximum atomic E-state index is 12.9. The van der Waals surface area contributed by atoms with Crippen LogP contribution in [0.25, 0.3) is 11.3 Å². The summed E-state index contributed by atoms with van der Waals surface area (Å²) < 4.78 is 38.8. The quantitative estimate of drug-likeness (QED) is 0.795. The number of piperidine rings is 1. The molecule has 0 saturated carbocycles. The van der Waals surface area contributed by atoms with Crippen molar-refractivity contribution in [2.75, 3.05) is 5.32 Å². The summed E-state index contributed by atoms with van der Waals surface area (Å²) in [4.78, 5) is 21.9. The summed E-state index contributed by atoms with van der Waals surface area (Å²) in [6.45, 7) is 3.99. The number of nitrogens with one attached hydrogen (secondary N) is 1. The third-order valence-corrected chi connectivity index (χ3v) is 5.60. The van der Waals surface area contributed by atoms with Gasteiger partial charge in [-0.15, -0.1) is 0 Å². The number of carbonyl (C=O) groups excluding carboxylic acids is 1. The highest BCUT2D eigenvalue weighted by Crippen LogP contribution is 2.41. The summed E-state index contributed by atoms with van der Waals surface area (Å²) >= 11 is 0. The number of aryl methyl sites for hydroxylation is 1. The first kappa shape index (κ1) is 18.7. The van der Waals surface area contributed by atoms with Crippen molar-refractivity contribution in [1.29, 1.82) is 0 Å². The summed E-state index contributed by atoms with van der Waals surface area (Å²) in [6, 6.07) is 5.57. The molecule has 8 heteroatoms. The van der Waals surface area contributed by atoms with Crippen LogP contribution in [-0.4, -0.2) is 33.0 Å². The molecule has 1 aromatic carbocycles. The van der Waals surface area contributed by atoms with Crippen molar-refractivity contribution in [3.63, 3.8) is 0 Å². The van der Waals surface area contributed by atoms with Crippen LogP contribution in [0.1, 0.15) is 37.4 Å². The molecule has 148 valence electrons. The van der Waals surface area contributed by atoms with Gasteiger partial charge in [0, 0.05) is 23.3 Å². The van der Waals surface area contributed by atoms with E-state index in [1.807, 2.05) is 4.90 Å². The second-order valence-corrected chi connectivity index (χ2v) is 7.77. The first-order chi connectivity index (χ1) is 13.2. The summed E-state index contributed by atoms with van der Waals surface area (Å²) in [5.41, 5.74) is 0.873. The number of amides is 2. The van der Waals surface area contributed by atoms with E-state index in [0.717, 1.165) is 24.8 Å². The van der Waals surface area contributed by atoms with E-state index in [1.165, 1.54) is 6.20 Å². The van der Waals surface area contributed by atoms with Crippen LogP contribution in [0.4, 0.5) is 23.7 Å². The standard InChI is InChI=1S/C20H21F3N4O/c1-11-5-14-8-15(6-11)27(14)19(28)25-13-4-3-12(2)16(7-13)17-9-24-10-18(26-17)20(21,22)23/h3-4,7,9-11,14-15H,5-6,8H2,1-2H3,(H,25,28)/t11?,14-,15?/m0/s1. The van der Waals surface area contributed by atoms with Gasteiger partial charge in [-0.25, -0.2) is 9.78 Å². The molecule has 3 heterocycles. The Bertz CT molecular complexity index is 903. The van der Waals surface area contributed by atoms with Gasteiger partial charge in [0.1, 0.15) is 0 Å². The van der Waals surface area contributed by atoms with E-state index in [0.29, 0.717) is 23.4 Å². The van der Waals surface area contributed by atoms with E-state index in [4.69, 9.17) is 0 Å². The topological polar surface area (TPSA) is 58.1 Å². The maximum absolute atomic E-state index is 12.9. The Balaban J connectivity index is 1.56. The van der Waals surface area contributed by atoms with Gasteiger partial charge in [-0.05, 0) is 49.8 Å². The number of carbonyl (C=O) groups is 1. The predicted octanol–water partition coefficient (Wildman–Crippen LogP) is 4.88. The summed E-state index contributed by atoms with van der Waals surface area (Å²) in [7, 11) is 0. The lowest BCUT2D eigenvalue weighted by atomic mass is 9.74. The Kier molecular flexibility index (Phi) is 4.51. The molecule has 2 amide bonds. The van der Waals surface area contributed by atoms with Crippen LogP contribution in [0.3, 0.4) is 0 Å². The van der Waals surface area contributed by atoms with E-state index >= 15 is 0 Å². The van der Waals surface area contributed by atoms with Crippen molar-refractivity contribution in [3.05, 3.63) is 41.9 Å². The van der Waals surface area contributed by atoms with Gasteiger partial charge in [0.25, 0.3) is 0 Å². The lowest BCUT2D eigenvalue weighted by Gasteiger charge is -2.54. The van der Waals surface area contributed by atoms with Gasteiger partial charge < -0.3 is 10.2 Å². The Labute approximate surface area is 161 Å². The predicted molar refractivity (Wildman–Crippen MR) is 98.7 cm³/mol. The molecule has 2 unspecified atom stereocenters. The molecule has 3 atom stereocenters. The van der Waals surface area contributed by atoms with Crippen molar-refractivity contribution in [2.45, 2.75) is 51.4 Å². The van der Waals surface area contributed by atoms with Crippen molar-refractivity contribution >= 4 is 11.7 Å². The fraction of sp³-hybridized carbons (Fsp3) is 0.450. The molecule has 28 heavy (non-hydrogen) atoms. The molecule has 1 N–H and O–H groups in total. The number of nitrogens with zero attached hydrogens (tertiary/aromatic N) is 3. The fourth-order valence-electron chi connectivity index (χ4n) is 4.27. The van der Waals surface area contributed by atoms with Gasteiger partial charge in [-0.2, -0.15) is 13.2 Å². The van der Waals surface area contributed by atoms with Crippen molar-refractivity contribution in [2.24, 2.45) is 5.92 Å². The number of aromatic nitrogens is 2. The minimum Gasteiger partial charge on any atom is -0.318 e. The number of fused-ring (bicyclic) bond motifs is 2. The van der Waals surface area contributed by atoms with Gasteiger partial charge in [0.15, 0.2) is 5.69 Å². The molecule has 4 rings (SSSR count). The van der Waals surface area contributed by atoms with Crippen molar-refractivity contribution in [3.8, 4) is 11.3 Å². The highest BCUT2D eigenvalue weighted by molar-refractivity contribution is 5.91. The van der Waals surface area contributed by atoms with E-state index in [-0.39, 0.29) is 23.8 Å². The van der Waals surface area contributed by atoms with Crippen LogP contribution in [0.15, 0.2) is 30.6 Å². The molecule has 5 nitrogen and oxygen atoms in total. The second-order valence-electron chi connectivity index (χ2n) is 7.77. The first-order valence-corrected chi connectivity index (χ1v) is 9.32. The molecule has 1 aromatic heterocycles. The average Bonchev–Trinajstić information content (AvgIpc) is 2.62. The number of anilines is 1. The normalized spacial score (nSPS) is 23.9. The van der Waals surface area contributed by atoms with Crippen molar-refractivity contribution in [1.82, 2.24) is 14.9 Å². The Morgan fingerprint density at radius 1 is 1.18 bits per heavy atom. The number of halogens is 3. The molecule has 0 radical (unpaired) electrons. The number of hydrogen-bond acceptors (Lipinski definition) is 3. The molecule has 2 saturated heterocycles. The van der Waals surface area contributed by atoms with E-state index in [1.54, 1.807) is 25.1 Å². The lowest BCUT2D eigenvalue weighted by molar-refractivity contribution is -0.141. The van der Waals surface area contributed by atoms with Crippen LogP contribution < -0.4 is 5.32 Å². The third kappa shape index (κ3) is 3.43. The fourth-order valence-corrected chi connectivity index (χ4v) is 4.27. The zero-order valence-electron chi connectivity index (χ0n) is 15.6. The van der Waals surface area contributed by atoms with Gasteiger partial charge >= 0.3 is 12.2 Å². The number of hydrogen-bond donors (Lipinski definition) is 1. The SMILES string of the molecule is Cc1ccc(NC(=O)N2C3CC(C)C[C@H]2C3)cc1-c1cncc(C(F)(F)F)n1. The number of benzene rings is 1. The summed E-state index contributed by atoms with van der Waals surface area (Å²) in [6.07, 6.45) is 0.524. The number of rotatable bonds is 2. The van der Waals surface area contributed by atoms with Gasteiger partial charge in [0.2, 0.25) is 0 Å². The minimum atomic E-state index is -4.56. The van der Waals surface area contributed by atoms with E-state index in [9.17, 15) is 18.0 Å². The third-order valence-electron chi connectivity index (χ3n) is 5.60. The smallest absolute Gasteiger partial charge is 0.318 e. The number of alkyl halides is 3. The zero-order valence-corrected chi connectivity index (χ0v) is 15.6. The Morgan fingerprint density at radius 2 is 1.89 bits per heavy atom. The van der Waals surface area contributed by atoms with Gasteiger partial charge in [-0.1, -0.05) is 13.0 Å². The van der Waals surface area contributed by atoms with Crippen LogP contribution in [0.5, 0.6) is 0 Å². The maximum Gasteiger partial charge on any atom is 0.434 e. The number of urea groups is 1. The average molecular weight is 390 g/mol. The molecule has 0 aliphatic carbocycles. The molecule has 2 aliphatic heterocycles. The molecular formula is C20H21F3N4O. The highest BCUT2D eigenvalue weighted by Gasteiger charge is 2.46. The molecule has 2 aliphatic rings. The van der Waals surface area contributed by atoms with E-state index < -0.39 is 11.9 Å². The zero-order chi connectivity index (χ0) is 20.1. The first-order valence-electron chi connectivity index (χ1n) is 9.32. The largest absolute Gasteiger partial charge is 0.434 e. The second kappa shape index (κ2) is 6.76. The highest BCUT2D eigenvalue weighted by atomic mass is 19.4. The Hall–Kier alpha value is -2.64. The van der Waals surface area contributed by atoms with Crippen LogP contribution in [0.2, 0.25) is 0 Å². The molecule has 2 fully saturated rings. The minimum absolute atomic E-state index is 0.123. The van der Waals surface area contributed by atoms with Crippen molar-refractivity contribution < 1.29 is 18.0 Å². The monoisotopic (exact) mass is 390 g/mol. The Morgan fingerprint density at radius 3 is 2.57 bits per heavy atom. The molecular weight excluding hydrogens is 369 g/mol. The van der Waals surface area contributed by atoms with Crippen LogP contribution >= 0.6 is 0 Å². The van der Waals surface area contributed by atoms with E-state index in [2.05, 4.69) is 22.2 Å². The van der Waals surface area contributed by atoms with Crippen LogP contribution in [-0.2, 0) is 6.18 Å². The van der Waals surface area contributed by atoms with Gasteiger partial charge in [0.05, 0.1) is 18.1 Å². The summed E-state index contributed by atoms with van der Waals surface area (Å²) in [5.74, 6) is 0.637. The van der Waals surface area contributed by atoms with Crippen LogP contribution in [0, 0.1) is 12.8 Å². The molecule has 0 spiro atoms. The summed E-state index contributed by atoms with van der Waals surface area (Å²) in [5, 5.41) is 2.89.